The van der Waals surface area contributed by atoms with Crippen molar-refractivity contribution in [2.75, 3.05) is 11.9 Å². The number of aromatic nitrogens is 5. The van der Waals surface area contributed by atoms with E-state index in [-0.39, 0.29) is 0 Å². The highest BCUT2D eigenvalue weighted by molar-refractivity contribution is 7.09. The van der Waals surface area contributed by atoms with Gasteiger partial charge in [0.1, 0.15) is 5.82 Å². The standard InChI is InChI=1S/C23H20N6OS/c1-2-4-19-15(3-1)5-6-20(27-19)18-9-16(18)13-30-23-10-22(25-12-17-11-24-14-31-17)29-21(28-23)7-8-26-29/h1-8,10-11,14,16,18,25H,9,12-13H2. The fraction of sp³-hybridized carbons (Fsp3) is 0.217. The molecule has 4 heterocycles. The lowest BCUT2D eigenvalue weighted by atomic mass is 10.1. The van der Waals surface area contributed by atoms with Crippen molar-refractivity contribution in [3.8, 4) is 5.88 Å². The zero-order chi connectivity index (χ0) is 20.6. The van der Waals surface area contributed by atoms with Crippen molar-refractivity contribution in [1.29, 1.82) is 0 Å². The Hall–Kier alpha value is -3.52. The Bertz CT molecular complexity index is 1350. The second kappa shape index (κ2) is 7.63. The first-order chi connectivity index (χ1) is 15.3. The maximum absolute atomic E-state index is 6.09. The Labute approximate surface area is 182 Å². The van der Waals surface area contributed by atoms with Gasteiger partial charge in [-0.1, -0.05) is 24.3 Å². The first-order valence-electron chi connectivity index (χ1n) is 10.3. The van der Waals surface area contributed by atoms with E-state index in [4.69, 9.17) is 9.72 Å². The number of fused-ring (bicyclic) bond motifs is 2. The summed E-state index contributed by atoms with van der Waals surface area (Å²) in [4.78, 5) is 14.7. The Morgan fingerprint density at radius 2 is 2.10 bits per heavy atom. The van der Waals surface area contributed by atoms with E-state index in [0.29, 0.717) is 30.9 Å². The van der Waals surface area contributed by atoms with Crippen LogP contribution < -0.4 is 10.1 Å². The van der Waals surface area contributed by atoms with E-state index in [9.17, 15) is 0 Å². The lowest BCUT2D eigenvalue weighted by Crippen LogP contribution is -2.08. The monoisotopic (exact) mass is 428 g/mol. The van der Waals surface area contributed by atoms with Crippen LogP contribution >= 0.6 is 11.3 Å². The van der Waals surface area contributed by atoms with Gasteiger partial charge in [0.05, 0.1) is 30.4 Å². The Morgan fingerprint density at radius 1 is 1.13 bits per heavy atom. The predicted molar refractivity (Wildman–Crippen MR) is 121 cm³/mol. The maximum Gasteiger partial charge on any atom is 0.219 e. The molecule has 2 atom stereocenters. The molecule has 0 saturated heterocycles. The van der Waals surface area contributed by atoms with E-state index in [1.165, 1.54) is 5.39 Å². The van der Waals surface area contributed by atoms with Gasteiger partial charge >= 0.3 is 0 Å². The van der Waals surface area contributed by atoms with E-state index in [2.05, 4.69) is 44.6 Å². The van der Waals surface area contributed by atoms with E-state index < -0.39 is 0 Å². The van der Waals surface area contributed by atoms with Crippen molar-refractivity contribution in [2.24, 2.45) is 5.92 Å². The molecule has 0 aliphatic heterocycles. The molecule has 0 bridgehead atoms. The van der Waals surface area contributed by atoms with Crippen LogP contribution in [0.4, 0.5) is 5.82 Å². The Balaban J connectivity index is 1.15. The van der Waals surface area contributed by atoms with Crippen LogP contribution in [-0.4, -0.2) is 31.2 Å². The number of hydrogen-bond acceptors (Lipinski definition) is 7. The largest absolute Gasteiger partial charge is 0.477 e. The van der Waals surface area contributed by atoms with E-state index in [1.807, 2.05) is 36.0 Å². The van der Waals surface area contributed by atoms with Crippen LogP contribution in [0.3, 0.4) is 0 Å². The second-order valence-corrected chi connectivity index (χ2v) is 8.72. The molecular weight excluding hydrogens is 408 g/mol. The molecule has 0 radical (unpaired) electrons. The highest BCUT2D eigenvalue weighted by Crippen LogP contribution is 2.47. The van der Waals surface area contributed by atoms with E-state index in [1.54, 1.807) is 22.0 Å². The summed E-state index contributed by atoms with van der Waals surface area (Å²) >= 11 is 1.62. The van der Waals surface area contributed by atoms with Crippen molar-refractivity contribution in [2.45, 2.75) is 18.9 Å². The van der Waals surface area contributed by atoms with Gasteiger partial charge in [-0.3, -0.25) is 9.97 Å². The third-order valence-electron chi connectivity index (χ3n) is 5.63. The zero-order valence-corrected chi connectivity index (χ0v) is 17.5. The number of ether oxygens (including phenoxy) is 1. The van der Waals surface area contributed by atoms with Gasteiger partial charge in [0, 0.05) is 46.1 Å². The summed E-state index contributed by atoms with van der Waals surface area (Å²) in [5.74, 6) is 2.37. The number of anilines is 1. The van der Waals surface area contributed by atoms with Gasteiger partial charge in [-0.25, -0.2) is 0 Å². The fourth-order valence-corrected chi connectivity index (χ4v) is 4.41. The first-order valence-corrected chi connectivity index (χ1v) is 11.2. The van der Waals surface area contributed by atoms with Crippen molar-refractivity contribution in [3.05, 3.63) is 77.0 Å². The second-order valence-electron chi connectivity index (χ2n) is 7.74. The molecule has 7 nitrogen and oxygen atoms in total. The summed E-state index contributed by atoms with van der Waals surface area (Å²) in [6, 6.07) is 16.3. The lowest BCUT2D eigenvalue weighted by molar-refractivity contribution is 0.286. The van der Waals surface area contributed by atoms with Gasteiger partial charge in [0.15, 0.2) is 5.65 Å². The number of nitrogens with zero attached hydrogens (tertiary/aromatic N) is 5. The molecule has 4 aromatic heterocycles. The van der Waals surface area contributed by atoms with Crippen molar-refractivity contribution < 1.29 is 4.74 Å². The molecule has 1 N–H and O–H groups in total. The van der Waals surface area contributed by atoms with Gasteiger partial charge in [-0.15, -0.1) is 11.3 Å². The van der Waals surface area contributed by atoms with Gasteiger partial charge < -0.3 is 10.1 Å². The minimum absolute atomic E-state index is 0.451. The lowest BCUT2D eigenvalue weighted by Gasteiger charge is -2.11. The summed E-state index contributed by atoms with van der Waals surface area (Å²) in [6.07, 6.45) is 4.70. The number of para-hydroxylation sites is 1. The van der Waals surface area contributed by atoms with Crippen LogP contribution in [0.25, 0.3) is 16.6 Å². The SMILES string of the molecule is c1ccc2nc(C3CC3COc3cc(NCc4cncs4)n4nccc4n3)ccc2c1. The number of rotatable bonds is 7. The number of benzene rings is 1. The highest BCUT2D eigenvalue weighted by Gasteiger charge is 2.40. The molecule has 8 heteroatoms. The summed E-state index contributed by atoms with van der Waals surface area (Å²) in [5.41, 5.74) is 4.79. The van der Waals surface area contributed by atoms with E-state index in [0.717, 1.165) is 34.0 Å². The smallest absolute Gasteiger partial charge is 0.219 e. The molecule has 31 heavy (non-hydrogen) atoms. The van der Waals surface area contributed by atoms with Crippen molar-refractivity contribution >= 4 is 33.7 Å². The average molecular weight is 429 g/mol. The molecule has 0 spiro atoms. The molecule has 2 unspecified atom stereocenters. The summed E-state index contributed by atoms with van der Waals surface area (Å²) in [5, 5.41) is 8.95. The normalized spacial score (nSPS) is 17.8. The molecular formula is C23H20N6OS. The van der Waals surface area contributed by atoms with Crippen LogP contribution in [-0.2, 0) is 6.54 Å². The highest BCUT2D eigenvalue weighted by atomic mass is 32.1. The zero-order valence-electron chi connectivity index (χ0n) is 16.7. The van der Waals surface area contributed by atoms with Crippen LogP contribution in [0.1, 0.15) is 22.9 Å². The number of hydrogen-bond donors (Lipinski definition) is 1. The molecule has 0 amide bonds. The molecule has 1 fully saturated rings. The van der Waals surface area contributed by atoms with Crippen LogP contribution in [0.5, 0.6) is 5.88 Å². The summed E-state index contributed by atoms with van der Waals surface area (Å²) in [6.45, 7) is 1.31. The van der Waals surface area contributed by atoms with Crippen LogP contribution in [0.2, 0.25) is 0 Å². The topological polar surface area (TPSA) is 77.2 Å². The van der Waals surface area contributed by atoms with Gasteiger partial charge in [-0.2, -0.15) is 14.6 Å². The number of nitrogens with one attached hydrogen (secondary N) is 1. The van der Waals surface area contributed by atoms with Crippen molar-refractivity contribution in [1.82, 2.24) is 24.6 Å². The number of thiazole rings is 1. The Kier molecular flexibility index (Phi) is 4.49. The van der Waals surface area contributed by atoms with Gasteiger partial charge in [0.2, 0.25) is 5.88 Å². The third-order valence-corrected chi connectivity index (χ3v) is 6.41. The van der Waals surface area contributed by atoms with E-state index >= 15 is 0 Å². The molecule has 1 aliphatic rings. The molecule has 5 aromatic rings. The average Bonchev–Trinajstić information content (AvgIpc) is 3.15. The van der Waals surface area contributed by atoms with Gasteiger partial charge in [-0.05, 0) is 18.6 Å². The summed E-state index contributed by atoms with van der Waals surface area (Å²) in [7, 11) is 0. The maximum atomic E-state index is 6.09. The minimum atomic E-state index is 0.451. The predicted octanol–water partition coefficient (Wildman–Crippen LogP) is 4.53. The molecule has 1 aliphatic carbocycles. The van der Waals surface area contributed by atoms with Crippen LogP contribution in [0, 0.1) is 5.92 Å². The Morgan fingerprint density at radius 3 is 3.03 bits per heavy atom. The molecule has 1 aromatic carbocycles. The molecule has 154 valence electrons. The van der Waals surface area contributed by atoms with Crippen molar-refractivity contribution in [3.63, 3.8) is 0 Å². The first kappa shape index (κ1) is 18.3. The van der Waals surface area contributed by atoms with Gasteiger partial charge in [0.25, 0.3) is 0 Å². The minimum Gasteiger partial charge on any atom is -0.477 e. The number of pyridine rings is 1. The van der Waals surface area contributed by atoms with Crippen LogP contribution in [0.15, 0.2) is 66.4 Å². The third kappa shape index (κ3) is 3.70. The summed E-state index contributed by atoms with van der Waals surface area (Å²) < 4.78 is 7.88. The molecule has 1 saturated carbocycles. The fourth-order valence-electron chi connectivity index (χ4n) is 3.87. The molecule has 6 rings (SSSR count). The quantitative estimate of drug-likeness (QED) is 0.410.